The van der Waals surface area contributed by atoms with Gasteiger partial charge in [0.15, 0.2) is 0 Å². The number of pyridine rings is 1. The van der Waals surface area contributed by atoms with Gasteiger partial charge in [-0.2, -0.15) is 0 Å². The van der Waals surface area contributed by atoms with Crippen LogP contribution in [0.3, 0.4) is 0 Å². The summed E-state index contributed by atoms with van der Waals surface area (Å²) in [4.78, 5) is 17.6. The van der Waals surface area contributed by atoms with E-state index in [1.807, 2.05) is 19.2 Å². The second kappa shape index (κ2) is 8.27. The molecule has 0 aromatic carbocycles. The summed E-state index contributed by atoms with van der Waals surface area (Å²) in [6.07, 6.45) is 3.72. The Balaban J connectivity index is 1.53. The van der Waals surface area contributed by atoms with Crippen molar-refractivity contribution in [2.75, 3.05) is 13.1 Å². The summed E-state index contributed by atoms with van der Waals surface area (Å²) in [6, 6.07) is 3.74. The average molecular weight is 358 g/mol. The van der Waals surface area contributed by atoms with E-state index in [1.54, 1.807) is 6.20 Å². The van der Waals surface area contributed by atoms with Gasteiger partial charge in [-0.25, -0.2) is 0 Å². The van der Waals surface area contributed by atoms with Crippen LogP contribution < -0.4 is 10.1 Å². The van der Waals surface area contributed by atoms with E-state index in [4.69, 9.17) is 4.74 Å². The van der Waals surface area contributed by atoms with Gasteiger partial charge in [-0.05, 0) is 12.5 Å². The second-order valence-corrected chi connectivity index (χ2v) is 6.60. The number of nitrogens with zero attached hydrogens (tertiary/aromatic N) is 5. The van der Waals surface area contributed by atoms with Crippen molar-refractivity contribution in [3.8, 4) is 5.75 Å². The molecule has 1 unspecified atom stereocenters. The maximum absolute atomic E-state index is 11.0. The number of carbonyl (C=O) groups excluding carboxylic acids is 1. The fraction of sp³-hybridized carbons (Fsp3) is 0.556. The van der Waals surface area contributed by atoms with E-state index in [2.05, 4.69) is 36.9 Å². The zero-order valence-corrected chi connectivity index (χ0v) is 15.6. The number of ether oxygens (including phenoxy) is 1. The Hall–Kier alpha value is -2.48. The molecule has 3 heterocycles. The van der Waals surface area contributed by atoms with Crippen molar-refractivity contribution < 1.29 is 9.53 Å². The molecule has 0 spiro atoms. The first-order valence-electron chi connectivity index (χ1n) is 9.00. The summed E-state index contributed by atoms with van der Waals surface area (Å²) in [5.74, 6) is 2.72. The molecule has 0 radical (unpaired) electrons. The molecular formula is C18H26N6O2. The lowest BCUT2D eigenvalue weighted by Gasteiger charge is -2.17. The Morgan fingerprint density at radius 2 is 2.19 bits per heavy atom. The SMILES string of the molecule is CCc1nnc(CN2CCC(Oc3ccnc(CNC(C)=O)c3)C2)n1C. The Morgan fingerprint density at radius 3 is 2.92 bits per heavy atom. The zero-order chi connectivity index (χ0) is 18.5. The average Bonchev–Trinajstić information content (AvgIpc) is 3.20. The molecule has 0 bridgehead atoms. The normalized spacial score (nSPS) is 17.4. The zero-order valence-electron chi connectivity index (χ0n) is 15.6. The molecule has 1 atom stereocenters. The van der Waals surface area contributed by atoms with Crippen LogP contribution in [-0.2, 0) is 31.4 Å². The van der Waals surface area contributed by atoms with E-state index in [0.29, 0.717) is 6.54 Å². The number of likely N-dealkylation sites (tertiary alicyclic amines) is 1. The van der Waals surface area contributed by atoms with Crippen molar-refractivity contribution in [1.29, 1.82) is 0 Å². The highest BCUT2D eigenvalue weighted by molar-refractivity contribution is 5.72. The molecule has 1 aliphatic heterocycles. The number of hydrogen-bond acceptors (Lipinski definition) is 6. The van der Waals surface area contributed by atoms with Gasteiger partial charge in [0.25, 0.3) is 0 Å². The summed E-state index contributed by atoms with van der Waals surface area (Å²) in [5.41, 5.74) is 0.790. The first-order chi connectivity index (χ1) is 12.5. The summed E-state index contributed by atoms with van der Waals surface area (Å²) >= 11 is 0. The minimum atomic E-state index is -0.0699. The van der Waals surface area contributed by atoms with Crippen LogP contribution in [0.25, 0.3) is 0 Å². The maximum atomic E-state index is 11.0. The molecule has 1 N–H and O–H groups in total. The first-order valence-corrected chi connectivity index (χ1v) is 9.00. The molecule has 1 fully saturated rings. The lowest BCUT2D eigenvalue weighted by molar-refractivity contribution is -0.119. The molecule has 1 amide bonds. The topological polar surface area (TPSA) is 85.2 Å². The Morgan fingerprint density at radius 1 is 1.38 bits per heavy atom. The number of aromatic nitrogens is 4. The highest BCUT2D eigenvalue weighted by atomic mass is 16.5. The number of nitrogens with one attached hydrogen (secondary N) is 1. The molecule has 3 rings (SSSR count). The third kappa shape index (κ3) is 4.57. The molecule has 8 heteroatoms. The highest BCUT2D eigenvalue weighted by Crippen LogP contribution is 2.20. The van der Waals surface area contributed by atoms with Gasteiger partial charge in [0.1, 0.15) is 23.5 Å². The monoisotopic (exact) mass is 358 g/mol. The molecule has 0 saturated carbocycles. The molecule has 8 nitrogen and oxygen atoms in total. The van der Waals surface area contributed by atoms with Crippen LogP contribution in [0.1, 0.15) is 37.6 Å². The molecule has 2 aromatic rings. The predicted octanol–water partition coefficient (Wildman–Crippen LogP) is 1.06. The molecule has 0 aliphatic carbocycles. The molecule has 26 heavy (non-hydrogen) atoms. The Bertz CT molecular complexity index is 760. The van der Waals surface area contributed by atoms with Gasteiger partial charge in [-0.3, -0.25) is 14.7 Å². The van der Waals surface area contributed by atoms with Crippen LogP contribution in [0, 0.1) is 0 Å². The lowest BCUT2D eigenvalue weighted by Crippen LogP contribution is -2.26. The predicted molar refractivity (Wildman–Crippen MR) is 96.4 cm³/mol. The first kappa shape index (κ1) is 18.3. The molecule has 1 saturated heterocycles. The maximum Gasteiger partial charge on any atom is 0.217 e. The van der Waals surface area contributed by atoms with Crippen LogP contribution in [0.5, 0.6) is 5.75 Å². The smallest absolute Gasteiger partial charge is 0.217 e. The van der Waals surface area contributed by atoms with E-state index < -0.39 is 0 Å². The van der Waals surface area contributed by atoms with Crippen LogP contribution in [0.2, 0.25) is 0 Å². The fourth-order valence-corrected chi connectivity index (χ4v) is 3.11. The second-order valence-electron chi connectivity index (χ2n) is 6.60. The summed E-state index contributed by atoms with van der Waals surface area (Å²) in [5, 5.41) is 11.3. The third-order valence-electron chi connectivity index (χ3n) is 4.57. The highest BCUT2D eigenvalue weighted by Gasteiger charge is 2.25. The van der Waals surface area contributed by atoms with E-state index in [9.17, 15) is 4.79 Å². The van der Waals surface area contributed by atoms with Crippen molar-refractivity contribution in [3.63, 3.8) is 0 Å². The lowest BCUT2D eigenvalue weighted by atomic mass is 10.3. The largest absolute Gasteiger partial charge is 0.489 e. The minimum absolute atomic E-state index is 0.0699. The van der Waals surface area contributed by atoms with Gasteiger partial charge >= 0.3 is 0 Å². The summed E-state index contributed by atoms with van der Waals surface area (Å²) in [6.45, 7) is 6.61. The van der Waals surface area contributed by atoms with E-state index >= 15 is 0 Å². The number of carbonyl (C=O) groups is 1. The third-order valence-corrected chi connectivity index (χ3v) is 4.57. The Labute approximate surface area is 153 Å². The van der Waals surface area contributed by atoms with Gasteiger partial charge in [-0.15, -0.1) is 10.2 Å². The molecular weight excluding hydrogens is 332 g/mol. The standard InChI is InChI=1S/C18H26N6O2/c1-4-17-21-22-18(23(17)3)12-24-8-6-16(11-24)26-15-5-7-19-14(9-15)10-20-13(2)25/h5,7,9,16H,4,6,8,10-12H2,1-3H3,(H,20,25). The number of rotatable bonds is 7. The quantitative estimate of drug-likeness (QED) is 0.797. The van der Waals surface area contributed by atoms with Crippen molar-refractivity contribution in [2.45, 2.75) is 45.9 Å². The molecule has 1 aliphatic rings. The van der Waals surface area contributed by atoms with Crippen LogP contribution in [0.15, 0.2) is 18.3 Å². The van der Waals surface area contributed by atoms with Crippen LogP contribution >= 0.6 is 0 Å². The Kier molecular flexibility index (Phi) is 5.82. The van der Waals surface area contributed by atoms with Gasteiger partial charge in [0, 0.05) is 45.7 Å². The van der Waals surface area contributed by atoms with Gasteiger partial charge in [0.05, 0.1) is 18.8 Å². The minimum Gasteiger partial charge on any atom is -0.489 e. The fourth-order valence-electron chi connectivity index (χ4n) is 3.11. The van der Waals surface area contributed by atoms with Crippen LogP contribution in [0.4, 0.5) is 0 Å². The summed E-state index contributed by atoms with van der Waals surface area (Å²) < 4.78 is 8.18. The van der Waals surface area contributed by atoms with Gasteiger partial charge < -0.3 is 14.6 Å². The van der Waals surface area contributed by atoms with E-state index in [1.165, 1.54) is 6.92 Å². The van der Waals surface area contributed by atoms with Crippen molar-refractivity contribution in [3.05, 3.63) is 35.7 Å². The van der Waals surface area contributed by atoms with E-state index in [-0.39, 0.29) is 12.0 Å². The van der Waals surface area contributed by atoms with E-state index in [0.717, 1.165) is 55.6 Å². The van der Waals surface area contributed by atoms with Gasteiger partial charge in [0.2, 0.25) is 5.91 Å². The summed E-state index contributed by atoms with van der Waals surface area (Å²) in [7, 11) is 2.02. The van der Waals surface area contributed by atoms with Crippen molar-refractivity contribution >= 4 is 5.91 Å². The molecule has 2 aromatic heterocycles. The number of hydrogen-bond donors (Lipinski definition) is 1. The van der Waals surface area contributed by atoms with Crippen molar-refractivity contribution in [2.24, 2.45) is 7.05 Å². The van der Waals surface area contributed by atoms with Crippen molar-refractivity contribution in [1.82, 2.24) is 30.0 Å². The number of aryl methyl sites for hydroxylation is 1. The van der Waals surface area contributed by atoms with Crippen LogP contribution in [-0.4, -0.2) is 49.7 Å². The number of amides is 1. The van der Waals surface area contributed by atoms with Gasteiger partial charge in [-0.1, -0.05) is 6.92 Å². The molecule has 140 valence electrons.